The van der Waals surface area contributed by atoms with E-state index in [-0.39, 0.29) is 24.0 Å². The highest BCUT2D eigenvalue weighted by atomic mass is 127. The van der Waals surface area contributed by atoms with Gasteiger partial charge >= 0.3 is 0 Å². The predicted octanol–water partition coefficient (Wildman–Crippen LogP) is 3.86. The van der Waals surface area contributed by atoms with E-state index in [4.69, 9.17) is 4.74 Å². The van der Waals surface area contributed by atoms with Crippen LogP contribution < -0.4 is 10.6 Å². The average molecular weight is 533 g/mol. The molecule has 2 fully saturated rings. The lowest BCUT2D eigenvalue weighted by Crippen LogP contribution is -2.44. The zero-order valence-corrected chi connectivity index (χ0v) is 21.3. The number of morpholine rings is 1. The molecule has 29 heavy (non-hydrogen) atoms. The second kappa shape index (κ2) is 12.4. The molecular weight excluding hydrogens is 495 g/mol. The van der Waals surface area contributed by atoms with Gasteiger partial charge in [0.1, 0.15) is 0 Å². The number of guanidine groups is 1. The molecule has 1 aliphatic carbocycles. The number of thioether (sulfide) groups is 1. The van der Waals surface area contributed by atoms with Crippen molar-refractivity contribution in [2.24, 2.45) is 4.99 Å². The van der Waals surface area contributed by atoms with Gasteiger partial charge in [-0.3, -0.25) is 9.89 Å². The molecule has 4 unspecified atom stereocenters. The number of benzene rings is 1. The summed E-state index contributed by atoms with van der Waals surface area (Å²) in [6.07, 6.45) is 6.62. The second-order valence-electron chi connectivity index (χ2n) is 8.21. The van der Waals surface area contributed by atoms with E-state index in [1.54, 1.807) is 0 Å². The van der Waals surface area contributed by atoms with Crippen molar-refractivity contribution in [3.63, 3.8) is 0 Å². The molecule has 1 heterocycles. The molecular formula is C22H37IN4OS. The summed E-state index contributed by atoms with van der Waals surface area (Å²) in [6.45, 7) is 8.12. The Balaban J connectivity index is 0.00000300. The molecule has 0 spiro atoms. The van der Waals surface area contributed by atoms with Gasteiger partial charge in [0, 0.05) is 44.5 Å². The standard InChI is InChI=1S/C22H36N4OS.HI/c1-16-13-26(14-17(2)27-16)15-19-7-5-18(6-8-19)12-24-22(23-3)25-20-9-10-21(11-20)28-4;/h5-8,16-17,20-21H,9-15H2,1-4H3,(H2,23,24,25);1H. The Hall–Kier alpha value is -0.510. The Morgan fingerprint density at radius 2 is 1.79 bits per heavy atom. The monoisotopic (exact) mass is 532 g/mol. The smallest absolute Gasteiger partial charge is 0.191 e. The van der Waals surface area contributed by atoms with Gasteiger partial charge in [-0.25, -0.2) is 0 Å². The SMILES string of the molecule is CN=C(NCc1ccc(CN2CC(C)OC(C)C2)cc1)NC1CCC(SC)C1.I. The molecule has 2 N–H and O–H groups in total. The van der Waals surface area contributed by atoms with Gasteiger partial charge in [0.15, 0.2) is 5.96 Å². The van der Waals surface area contributed by atoms with E-state index in [9.17, 15) is 0 Å². The lowest BCUT2D eigenvalue weighted by atomic mass is 10.1. The fourth-order valence-electron chi connectivity index (χ4n) is 4.29. The van der Waals surface area contributed by atoms with E-state index in [1.165, 1.54) is 30.4 Å². The molecule has 0 aromatic heterocycles. The van der Waals surface area contributed by atoms with Crippen molar-refractivity contribution in [3.8, 4) is 0 Å². The van der Waals surface area contributed by atoms with Crippen molar-refractivity contribution in [3.05, 3.63) is 35.4 Å². The Morgan fingerprint density at radius 3 is 2.38 bits per heavy atom. The molecule has 5 nitrogen and oxygen atoms in total. The summed E-state index contributed by atoms with van der Waals surface area (Å²) in [4.78, 5) is 6.88. The maximum absolute atomic E-state index is 5.83. The zero-order chi connectivity index (χ0) is 19.9. The van der Waals surface area contributed by atoms with Gasteiger partial charge in [-0.2, -0.15) is 11.8 Å². The lowest BCUT2D eigenvalue weighted by molar-refractivity contribution is -0.0704. The fourth-order valence-corrected chi connectivity index (χ4v) is 5.09. The number of aliphatic imine (C=N–C) groups is 1. The first kappa shape index (κ1) is 24.8. The maximum atomic E-state index is 5.83. The number of nitrogens with one attached hydrogen (secondary N) is 2. The summed E-state index contributed by atoms with van der Waals surface area (Å²) < 4.78 is 5.83. The molecule has 4 atom stereocenters. The highest BCUT2D eigenvalue weighted by Gasteiger charge is 2.24. The van der Waals surface area contributed by atoms with Crippen LogP contribution in [0.1, 0.15) is 44.2 Å². The van der Waals surface area contributed by atoms with E-state index in [1.807, 2.05) is 18.8 Å². The maximum Gasteiger partial charge on any atom is 0.191 e. The molecule has 1 aromatic carbocycles. The van der Waals surface area contributed by atoms with Gasteiger partial charge < -0.3 is 15.4 Å². The van der Waals surface area contributed by atoms with Crippen LogP contribution in [0.3, 0.4) is 0 Å². The minimum Gasteiger partial charge on any atom is -0.373 e. The zero-order valence-electron chi connectivity index (χ0n) is 18.2. The van der Waals surface area contributed by atoms with Gasteiger partial charge in [-0.05, 0) is 50.5 Å². The third kappa shape index (κ3) is 7.92. The Labute approximate surface area is 197 Å². The molecule has 1 aliphatic heterocycles. The van der Waals surface area contributed by atoms with Crippen LogP contribution in [0.25, 0.3) is 0 Å². The van der Waals surface area contributed by atoms with Crippen LogP contribution in [0.4, 0.5) is 0 Å². The van der Waals surface area contributed by atoms with Gasteiger partial charge in [0.25, 0.3) is 0 Å². The summed E-state index contributed by atoms with van der Waals surface area (Å²) >= 11 is 1.98. The highest BCUT2D eigenvalue weighted by molar-refractivity contribution is 14.0. The van der Waals surface area contributed by atoms with Gasteiger partial charge in [-0.15, -0.1) is 24.0 Å². The summed E-state index contributed by atoms with van der Waals surface area (Å²) in [6, 6.07) is 9.49. The van der Waals surface area contributed by atoms with Crippen molar-refractivity contribution in [2.75, 3.05) is 26.4 Å². The van der Waals surface area contributed by atoms with Crippen LogP contribution in [0.2, 0.25) is 0 Å². The topological polar surface area (TPSA) is 48.9 Å². The average Bonchev–Trinajstić information content (AvgIpc) is 3.13. The molecule has 3 rings (SSSR count). The van der Waals surface area contributed by atoms with E-state index in [0.29, 0.717) is 18.2 Å². The quantitative estimate of drug-likeness (QED) is 0.331. The first-order valence-corrected chi connectivity index (χ1v) is 11.8. The van der Waals surface area contributed by atoms with E-state index in [2.05, 4.69) is 64.9 Å². The predicted molar refractivity (Wildman–Crippen MR) is 135 cm³/mol. The van der Waals surface area contributed by atoms with Gasteiger partial charge in [0.2, 0.25) is 0 Å². The minimum absolute atomic E-state index is 0. The lowest BCUT2D eigenvalue weighted by Gasteiger charge is -2.35. The Bertz CT molecular complexity index is 632. The van der Waals surface area contributed by atoms with Crippen LogP contribution in [-0.2, 0) is 17.8 Å². The molecule has 7 heteroatoms. The largest absolute Gasteiger partial charge is 0.373 e. The van der Waals surface area contributed by atoms with Crippen molar-refractivity contribution in [1.82, 2.24) is 15.5 Å². The minimum atomic E-state index is 0. The Morgan fingerprint density at radius 1 is 1.14 bits per heavy atom. The number of halogens is 1. The third-order valence-corrected chi connectivity index (χ3v) is 6.76. The van der Waals surface area contributed by atoms with E-state index >= 15 is 0 Å². The van der Waals surface area contributed by atoms with Gasteiger partial charge in [-0.1, -0.05) is 24.3 Å². The van der Waals surface area contributed by atoms with E-state index in [0.717, 1.165) is 37.4 Å². The number of ether oxygens (including phenoxy) is 1. The summed E-state index contributed by atoms with van der Waals surface area (Å²) in [5.74, 6) is 0.909. The second-order valence-corrected chi connectivity index (χ2v) is 9.34. The molecule has 1 saturated heterocycles. The molecule has 1 saturated carbocycles. The number of nitrogens with zero attached hydrogens (tertiary/aromatic N) is 2. The summed E-state index contributed by atoms with van der Waals surface area (Å²) in [5, 5.41) is 7.84. The van der Waals surface area contributed by atoms with Crippen LogP contribution in [0, 0.1) is 0 Å². The van der Waals surface area contributed by atoms with Crippen LogP contribution in [-0.4, -0.2) is 60.8 Å². The molecule has 164 valence electrons. The van der Waals surface area contributed by atoms with Crippen LogP contribution in [0.15, 0.2) is 29.3 Å². The third-order valence-electron chi connectivity index (χ3n) is 5.67. The fraction of sp³-hybridized carbons (Fsp3) is 0.682. The number of hydrogen-bond donors (Lipinski definition) is 2. The van der Waals surface area contributed by atoms with E-state index < -0.39 is 0 Å². The number of rotatable bonds is 6. The van der Waals surface area contributed by atoms with Crippen LogP contribution in [0.5, 0.6) is 0 Å². The Kier molecular flexibility index (Phi) is 10.6. The van der Waals surface area contributed by atoms with Gasteiger partial charge in [0.05, 0.1) is 12.2 Å². The highest BCUT2D eigenvalue weighted by Crippen LogP contribution is 2.28. The van der Waals surface area contributed by atoms with Crippen molar-refractivity contribution in [1.29, 1.82) is 0 Å². The van der Waals surface area contributed by atoms with Crippen LogP contribution >= 0.6 is 35.7 Å². The normalized spacial score (nSPS) is 28.1. The van der Waals surface area contributed by atoms with Crippen molar-refractivity contribution in [2.45, 2.75) is 69.7 Å². The first-order valence-electron chi connectivity index (χ1n) is 10.5. The number of hydrogen-bond acceptors (Lipinski definition) is 4. The van der Waals surface area contributed by atoms with Crippen molar-refractivity contribution < 1.29 is 4.74 Å². The first-order chi connectivity index (χ1) is 13.6. The molecule has 0 amide bonds. The molecule has 0 bridgehead atoms. The van der Waals surface area contributed by atoms with Crippen molar-refractivity contribution >= 4 is 41.7 Å². The molecule has 2 aliphatic rings. The molecule has 0 radical (unpaired) electrons. The molecule has 1 aromatic rings. The summed E-state index contributed by atoms with van der Waals surface area (Å²) in [7, 11) is 1.85. The summed E-state index contributed by atoms with van der Waals surface area (Å²) in [5.41, 5.74) is 2.64.